The van der Waals surface area contributed by atoms with Gasteiger partial charge in [-0.25, -0.2) is 0 Å². The summed E-state index contributed by atoms with van der Waals surface area (Å²) in [5.41, 5.74) is 1.60. The summed E-state index contributed by atoms with van der Waals surface area (Å²) >= 11 is 1.52. The van der Waals surface area contributed by atoms with Crippen LogP contribution in [-0.4, -0.2) is 28.5 Å². The van der Waals surface area contributed by atoms with E-state index in [1.165, 1.54) is 11.3 Å². The molecular weight excluding hydrogens is 322 g/mol. The van der Waals surface area contributed by atoms with Crippen LogP contribution in [0.15, 0.2) is 46.2 Å². The molecular formula is C19H19NO3S. The van der Waals surface area contributed by atoms with E-state index >= 15 is 0 Å². The van der Waals surface area contributed by atoms with Crippen LogP contribution in [0, 0.1) is 6.92 Å². The van der Waals surface area contributed by atoms with E-state index in [0.717, 1.165) is 34.3 Å². The number of furan rings is 1. The highest BCUT2D eigenvalue weighted by Gasteiger charge is 2.37. The number of carbonyl (C=O) groups excluding carboxylic acids is 1. The van der Waals surface area contributed by atoms with E-state index in [0.29, 0.717) is 12.3 Å². The Morgan fingerprint density at radius 1 is 1.33 bits per heavy atom. The van der Waals surface area contributed by atoms with Crippen LogP contribution >= 0.6 is 11.3 Å². The number of amides is 1. The molecule has 24 heavy (non-hydrogen) atoms. The maximum Gasteiger partial charge on any atom is 0.290 e. The number of hydrogen-bond acceptors (Lipinski definition) is 4. The molecule has 1 fully saturated rings. The van der Waals surface area contributed by atoms with Crippen molar-refractivity contribution in [1.29, 1.82) is 0 Å². The summed E-state index contributed by atoms with van der Waals surface area (Å²) in [5.74, 6) is 0.267. The van der Waals surface area contributed by atoms with Crippen LogP contribution in [0.1, 0.15) is 39.9 Å². The molecule has 3 aromatic rings. The fraction of sp³-hybridized carbons (Fsp3) is 0.316. The van der Waals surface area contributed by atoms with Gasteiger partial charge in [-0.3, -0.25) is 4.79 Å². The fourth-order valence-corrected chi connectivity index (χ4v) is 4.30. The lowest BCUT2D eigenvalue weighted by Crippen LogP contribution is -2.39. The second-order valence-electron chi connectivity index (χ2n) is 6.22. The highest BCUT2D eigenvalue weighted by atomic mass is 32.1. The Morgan fingerprint density at radius 2 is 2.17 bits per heavy atom. The van der Waals surface area contributed by atoms with Crippen LogP contribution in [0.5, 0.6) is 0 Å². The summed E-state index contributed by atoms with van der Waals surface area (Å²) in [4.78, 5) is 15.7. The molecule has 0 spiro atoms. The average Bonchev–Trinajstić information content (AvgIpc) is 3.34. The Morgan fingerprint density at radius 3 is 2.92 bits per heavy atom. The molecule has 2 aromatic heterocycles. The Kier molecular flexibility index (Phi) is 3.90. The predicted octanol–water partition coefficient (Wildman–Crippen LogP) is 4.14. The van der Waals surface area contributed by atoms with E-state index in [-0.39, 0.29) is 11.9 Å². The molecule has 0 unspecified atom stereocenters. The standard InChI is InChI=1S/C19H19NO3S/c1-12-13-6-2-3-8-15(13)23-18(12)19(22)20-10-4-7-14(20)17(21)16-9-5-11-24-16/h2-3,5-6,8-9,11,14,17,21H,4,7,10H2,1H3/t14-,17-/m1/s1. The Labute approximate surface area is 144 Å². The number of carbonyl (C=O) groups is 1. The highest BCUT2D eigenvalue weighted by molar-refractivity contribution is 7.10. The van der Waals surface area contributed by atoms with E-state index < -0.39 is 6.10 Å². The number of rotatable bonds is 3. The number of likely N-dealkylation sites (tertiary alicyclic amines) is 1. The van der Waals surface area contributed by atoms with Gasteiger partial charge in [-0.05, 0) is 37.3 Å². The van der Waals surface area contributed by atoms with Gasteiger partial charge in [-0.15, -0.1) is 11.3 Å². The van der Waals surface area contributed by atoms with Crippen molar-refractivity contribution < 1.29 is 14.3 Å². The van der Waals surface area contributed by atoms with Crippen LogP contribution in [0.3, 0.4) is 0 Å². The number of fused-ring (bicyclic) bond motifs is 1. The number of thiophene rings is 1. The average molecular weight is 341 g/mol. The van der Waals surface area contributed by atoms with Crippen molar-refractivity contribution in [2.75, 3.05) is 6.54 Å². The van der Waals surface area contributed by atoms with E-state index in [4.69, 9.17) is 4.42 Å². The lowest BCUT2D eigenvalue weighted by molar-refractivity contribution is 0.0471. The number of nitrogens with zero attached hydrogens (tertiary/aromatic N) is 1. The topological polar surface area (TPSA) is 53.7 Å². The maximum atomic E-state index is 13.0. The molecule has 1 saturated heterocycles. The van der Waals surface area contributed by atoms with Gasteiger partial charge in [0.2, 0.25) is 0 Å². The van der Waals surface area contributed by atoms with Crippen molar-refractivity contribution in [3.8, 4) is 0 Å². The van der Waals surface area contributed by atoms with E-state index in [1.807, 2.05) is 48.7 Å². The zero-order valence-electron chi connectivity index (χ0n) is 13.4. The maximum absolute atomic E-state index is 13.0. The lowest BCUT2D eigenvalue weighted by Gasteiger charge is -2.27. The van der Waals surface area contributed by atoms with Gasteiger partial charge in [0.05, 0.1) is 6.04 Å². The summed E-state index contributed by atoms with van der Waals surface area (Å²) in [6.07, 6.45) is 1.07. The summed E-state index contributed by atoms with van der Waals surface area (Å²) in [7, 11) is 0. The first-order valence-electron chi connectivity index (χ1n) is 8.17. The highest BCUT2D eigenvalue weighted by Crippen LogP contribution is 2.34. The normalized spacial score (nSPS) is 19.1. The summed E-state index contributed by atoms with van der Waals surface area (Å²) in [5, 5.41) is 13.6. The molecule has 4 nitrogen and oxygen atoms in total. The zero-order valence-corrected chi connectivity index (χ0v) is 14.3. The van der Waals surface area contributed by atoms with E-state index in [1.54, 1.807) is 4.90 Å². The van der Waals surface area contributed by atoms with E-state index in [2.05, 4.69) is 0 Å². The van der Waals surface area contributed by atoms with Crippen molar-refractivity contribution in [2.24, 2.45) is 0 Å². The SMILES string of the molecule is Cc1c(C(=O)N2CCC[C@@H]2[C@@H](O)c2cccs2)oc2ccccc12. The van der Waals surface area contributed by atoms with Gasteiger partial charge in [-0.1, -0.05) is 24.3 Å². The number of aliphatic hydroxyl groups excluding tert-OH is 1. The minimum Gasteiger partial charge on any atom is -0.451 e. The molecule has 4 rings (SSSR count). The first-order valence-corrected chi connectivity index (χ1v) is 9.05. The molecule has 1 N–H and O–H groups in total. The molecule has 2 atom stereocenters. The summed E-state index contributed by atoms with van der Waals surface area (Å²) < 4.78 is 5.82. The van der Waals surface area contributed by atoms with Crippen molar-refractivity contribution in [1.82, 2.24) is 4.90 Å². The van der Waals surface area contributed by atoms with Crippen LogP contribution in [0.2, 0.25) is 0 Å². The third-order valence-corrected chi connectivity index (χ3v) is 5.74. The van der Waals surface area contributed by atoms with Gasteiger partial charge in [0.25, 0.3) is 5.91 Å². The molecule has 124 valence electrons. The molecule has 1 amide bonds. The molecule has 1 aliphatic rings. The van der Waals surface area contributed by atoms with Crippen LogP contribution < -0.4 is 0 Å². The lowest BCUT2D eigenvalue weighted by atomic mass is 10.1. The quantitative estimate of drug-likeness (QED) is 0.779. The first-order chi connectivity index (χ1) is 11.7. The third-order valence-electron chi connectivity index (χ3n) is 4.80. The van der Waals surface area contributed by atoms with Crippen LogP contribution in [-0.2, 0) is 0 Å². The van der Waals surface area contributed by atoms with Crippen molar-refractivity contribution in [3.05, 3.63) is 58.0 Å². The second-order valence-corrected chi connectivity index (χ2v) is 7.20. The molecule has 0 bridgehead atoms. The third kappa shape index (κ3) is 2.44. The smallest absolute Gasteiger partial charge is 0.290 e. The minimum atomic E-state index is -0.638. The first kappa shape index (κ1) is 15.4. The Bertz CT molecular complexity index is 868. The Hall–Kier alpha value is -2.11. The van der Waals surface area contributed by atoms with Crippen LogP contribution in [0.4, 0.5) is 0 Å². The number of aryl methyl sites for hydroxylation is 1. The molecule has 5 heteroatoms. The monoisotopic (exact) mass is 341 g/mol. The number of benzene rings is 1. The number of aliphatic hydroxyl groups is 1. The second kappa shape index (κ2) is 6.07. The Balaban J connectivity index is 1.66. The predicted molar refractivity (Wildman–Crippen MR) is 94.3 cm³/mol. The van der Waals surface area contributed by atoms with Gasteiger partial charge < -0.3 is 14.4 Å². The summed E-state index contributed by atoms with van der Waals surface area (Å²) in [6.45, 7) is 2.57. The molecule has 1 aliphatic heterocycles. The number of hydrogen-bond donors (Lipinski definition) is 1. The minimum absolute atomic E-state index is 0.123. The molecule has 0 aliphatic carbocycles. The van der Waals surface area contributed by atoms with Crippen molar-refractivity contribution >= 4 is 28.2 Å². The number of para-hydroxylation sites is 1. The van der Waals surface area contributed by atoms with Crippen molar-refractivity contribution in [3.63, 3.8) is 0 Å². The van der Waals surface area contributed by atoms with Crippen LogP contribution in [0.25, 0.3) is 11.0 Å². The van der Waals surface area contributed by atoms with Crippen molar-refractivity contribution in [2.45, 2.75) is 31.9 Å². The fourth-order valence-electron chi connectivity index (χ4n) is 3.53. The van der Waals surface area contributed by atoms with Gasteiger partial charge in [0, 0.05) is 22.4 Å². The zero-order chi connectivity index (χ0) is 16.7. The van der Waals surface area contributed by atoms with Gasteiger partial charge >= 0.3 is 0 Å². The summed E-state index contributed by atoms with van der Waals surface area (Å²) in [6, 6.07) is 11.3. The molecule has 0 saturated carbocycles. The van der Waals surface area contributed by atoms with Gasteiger partial charge in [0.1, 0.15) is 11.7 Å². The molecule has 3 heterocycles. The van der Waals surface area contributed by atoms with Gasteiger partial charge in [0.15, 0.2) is 5.76 Å². The van der Waals surface area contributed by atoms with Gasteiger partial charge in [-0.2, -0.15) is 0 Å². The molecule has 1 aromatic carbocycles. The largest absolute Gasteiger partial charge is 0.451 e. The van der Waals surface area contributed by atoms with E-state index in [9.17, 15) is 9.90 Å². The molecule has 0 radical (unpaired) electrons.